The number of hydrogen-bond donors (Lipinski definition) is 2. The Morgan fingerprint density at radius 2 is 1.68 bits per heavy atom. The molecule has 5 nitrogen and oxygen atoms in total. The molecule has 0 spiro atoms. The van der Waals surface area contributed by atoms with Crippen LogP contribution in [0.1, 0.15) is 25.8 Å². The summed E-state index contributed by atoms with van der Waals surface area (Å²) in [7, 11) is 0. The van der Waals surface area contributed by atoms with Crippen LogP contribution < -0.4 is 10.6 Å². The molecule has 144 valence electrons. The van der Waals surface area contributed by atoms with Gasteiger partial charge in [0.25, 0.3) is 0 Å². The molecule has 3 aromatic rings. The predicted molar refractivity (Wildman–Crippen MR) is 112 cm³/mol. The van der Waals surface area contributed by atoms with Gasteiger partial charge in [0.2, 0.25) is 11.8 Å². The first-order valence-electron chi connectivity index (χ1n) is 9.46. The number of aromatic nitrogens is 1. The monoisotopic (exact) mass is 375 g/mol. The van der Waals surface area contributed by atoms with E-state index in [1.165, 1.54) is 5.56 Å². The molecule has 0 atom stereocenters. The maximum Gasteiger partial charge on any atom is 0.239 e. The lowest BCUT2D eigenvalue weighted by atomic mass is 9.90. The van der Waals surface area contributed by atoms with Gasteiger partial charge in [-0.05, 0) is 44.4 Å². The van der Waals surface area contributed by atoms with Gasteiger partial charge in [0.15, 0.2) is 0 Å². The van der Waals surface area contributed by atoms with Crippen molar-refractivity contribution in [2.75, 3.05) is 11.9 Å². The zero-order valence-corrected chi connectivity index (χ0v) is 16.2. The van der Waals surface area contributed by atoms with Gasteiger partial charge in [-0.1, -0.05) is 48.5 Å². The average molecular weight is 375 g/mol. The van der Waals surface area contributed by atoms with Gasteiger partial charge in [-0.3, -0.25) is 14.6 Å². The van der Waals surface area contributed by atoms with Gasteiger partial charge >= 0.3 is 0 Å². The smallest absolute Gasteiger partial charge is 0.239 e. The van der Waals surface area contributed by atoms with Crippen molar-refractivity contribution < 1.29 is 9.59 Å². The standard InChI is InChI=1S/C23H25N3O2/c1-23(2,21(27)25-16-7-11-17-9-4-3-5-10-17)22(28)26-19-14-6-12-18-13-8-15-24-20(18)19/h3-6,8-10,12-15H,7,11,16H2,1-2H3,(H,25,27)(H,26,28). The van der Waals surface area contributed by atoms with Crippen LogP contribution >= 0.6 is 0 Å². The second kappa shape index (κ2) is 8.65. The number of carbonyl (C=O) groups excluding carboxylic acids is 2. The average Bonchev–Trinajstić information content (AvgIpc) is 2.72. The third kappa shape index (κ3) is 4.55. The van der Waals surface area contributed by atoms with E-state index in [0.717, 1.165) is 18.2 Å². The van der Waals surface area contributed by atoms with E-state index in [2.05, 4.69) is 27.8 Å². The van der Waals surface area contributed by atoms with Crippen molar-refractivity contribution in [3.63, 3.8) is 0 Å². The zero-order valence-electron chi connectivity index (χ0n) is 16.2. The molecule has 3 rings (SSSR count). The van der Waals surface area contributed by atoms with Crippen molar-refractivity contribution in [1.82, 2.24) is 10.3 Å². The summed E-state index contributed by atoms with van der Waals surface area (Å²) in [5.41, 5.74) is 1.35. The van der Waals surface area contributed by atoms with E-state index in [-0.39, 0.29) is 11.8 Å². The molecule has 1 heterocycles. The molecule has 0 bridgehead atoms. The number of hydrogen-bond acceptors (Lipinski definition) is 3. The highest BCUT2D eigenvalue weighted by atomic mass is 16.2. The Morgan fingerprint density at radius 3 is 2.46 bits per heavy atom. The number of pyridine rings is 1. The second-order valence-corrected chi connectivity index (χ2v) is 7.30. The van der Waals surface area contributed by atoms with E-state index < -0.39 is 5.41 Å². The Morgan fingerprint density at radius 1 is 0.929 bits per heavy atom. The summed E-state index contributed by atoms with van der Waals surface area (Å²) in [6.07, 6.45) is 3.39. The number of para-hydroxylation sites is 1. The second-order valence-electron chi connectivity index (χ2n) is 7.30. The van der Waals surface area contributed by atoms with Crippen molar-refractivity contribution in [3.8, 4) is 0 Å². The SMILES string of the molecule is CC(C)(C(=O)NCCCc1ccccc1)C(=O)Nc1cccc2cccnc12. The first-order valence-corrected chi connectivity index (χ1v) is 9.46. The van der Waals surface area contributed by atoms with Crippen molar-refractivity contribution in [3.05, 3.63) is 72.4 Å². The molecular weight excluding hydrogens is 350 g/mol. The number of aryl methyl sites for hydroxylation is 1. The molecule has 5 heteroatoms. The van der Waals surface area contributed by atoms with E-state index in [0.29, 0.717) is 17.7 Å². The Bertz CT molecular complexity index is 963. The summed E-state index contributed by atoms with van der Waals surface area (Å²) in [5, 5.41) is 6.68. The van der Waals surface area contributed by atoms with Gasteiger partial charge in [-0.25, -0.2) is 0 Å². The van der Waals surface area contributed by atoms with Gasteiger partial charge in [0, 0.05) is 18.1 Å². The van der Waals surface area contributed by atoms with Crippen LogP contribution in [0.5, 0.6) is 0 Å². The summed E-state index contributed by atoms with van der Waals surface area (Å²) in [6, 6.07) is 19.5. The Kier molecular flexibility index (Phi) is 6.04. The van der Waals surface area contributed by atoms with Crippen LogP contribution in [-0.4, -0.2) is 23.3 Å². The lowest BCUT2D eigenvalue weighted by Crippen LogP contribution is -2.45. The van der Waals surface area contributed by atoms with Crippen molar-refractivity contribution in [2.45, 2.75) is 26.7 Å². The molecule has 0 fully saturated rings. The molecule has 28 heavy (non-hydrogen) atoms. The van der Waals surface area contributed by atoms with Gasteiger partial charge < -0.3 is 10.6 Å². The summed E-state index contributed by atoms with van der Waals surface area (Å²) in [4.78, 5) is 29.7. The van der Waals surface area contributed by atoms with Gasteiger partial charge in [-0.2, -0.15) is 0 Å². The maximum atomic E-state index is 12.8. The molecule has 0 aliphatic rings. The molecule has 2 N–H and O–H groups in total. The summed E-state index contributed by atoms with van der Waals surface area (Å²) < 4.78 is 0. The fraction of sp³-hybridized carbons (Fsp3) is 0.261. The molecule has 0 saturated heterocycles. The van der Waals surface area contributed by atoms with Crippen LogP contribution in [0.3, 0.4) is 0 Å². The zero-order chi connectivity index (χ0) is 20.0. The van der Waals surface area contributed by atoms with Crippen LogP contribution in [-0.2, 0) is 16.0 Å². The highest BCUT2D eigenvalue weighted by Crippen LogP contribution is 2.24. The van der Waals surface area contributed by atoms with Gasteiger partial charge in [0.05, 0.1) is 11.2 Å². The van der Waals surface area contributed by atoms with Crippen LogP contribution in [0.4, 0.5) is 5.69 Å². The number of rotatable bonds is 7. The van der Waals surface area contributed by atoms with Gasteiger partial charge in [0.1, 0.15) is 5.41 Å². The van der Waals surface area contributed by atoms with E-state index in [1.54, 1.807) is 26.1 Å². The minimum absolute atomic E-state index is 0.286. The first kappa shape index (κ1) is 19.5. The Balaban J connectivity index is 1.58. The lowest BCUT2D eigenvalue weighted by Gasteiger charge is -2.23. The van der Waals surface area contributed by atoms with Crippen LogP contribution in [0.15, 0.2) is 66.9 Å². The Labute approximate surface area is 165 Å². The van der Waals surface area contributed by atoms with Crippen molar-refractivity contribution in [1.29, 1.82) is 0 Å². The third-order valence-corrected chi connectivity index (χ3v) is 4.79. The molecule has 0 aliphatic carbocycles. The van der Waals surface area contributed by atoms with Crippen LogP contribution in [0.25, 0.3) is 10.9 Å². The van der Waals surface area contributed by atoms with Gasteiger partial charge in [-0.15, -0.1) is 0 Å². The number of nitrogens with zero attached hydrogens (tertiary/aromatic N) is 1. The molecule has 0 aliphatic heterocycles. The third-order valence-electron chi connectivity index (χ3n) is 4.79. The van der Waals surface area contributed by atoms with Crippen LogP contribution in [0.2, 0.25) is 0 Å². The topological polar surface area (TPSA) is 71.1 Å². The molecular formula is C23H25N3O2. The van der Waals surface area contributed by atoms with E-state index in [4.69, 9.17) is 0 Å². The van der Waals surface area contributed by atoms with E-state index >= 15 is 0 Å². The van der Waals surface area contributed by atoms with Crippen molar-refractivity contribution in [2.24, 2.45) is 5.41 Å². The maximum absolute atomic E-state index is 12.8. The fourth-order valence-corrected chi connectivity index (χ4v) is 2.95. The largest absolute Gasteiger partial charge is 0.355 e. The van der Waals surface area contributed by atoms with E-state index in [9.17, 15) is 9.59 Å². The number of benzene rings is 2. The molecule has 0 saturated carbocycles. The summed E-state index contributed by atoms with van der Waals surface area (Å²) in [6.45, 7) is 3.79. The molecule has 2 amide bonds. The Hall–Kier alpha value is -3.21. The molecule has 0 unspecified atom stereocenters. The number of anilines is 1. The first-order chi connectivity index (χ1) is 13.5. The molecule has 1 aromatic heterocycles. The van der Waals surface area contributed by atoms with Crippen molar-refractivity contribution >= 4 is 28.4 Å². The fourth-order valence-electron chi connectivity index (χ4n) is 2.95. The predicted octanol–water partition coefficient (Wildman–Crippen LogP) is 3.95. The number of carbonyl (C=O) groups is 2. The normalized spacial score (nSPS) is 11.2. The minimum atomic E-state index is -1.19. The number of amides is 2. The van der Waals surface area contributed by atoms with E-state index in [1.807, 2.05) is 42.5 Å². The van der Waals surface area contributed by atoms with Crippen LogP contribution in [0, 0.1) is 5.41 Å². The summed E-state index contributed by atoms with van der Waals surface area (Å²) >= 11 is 0. The number of nitrogens with one attached hydrogen (secondary N) is 2. The molecule has 2 aromatic carbocycles. The highest BCUT2D eigenvalue weighted by Gasteiger charge is 2.36. The highest BCUT2D eigenvalue weighted by molar-refractivity contribution is 6.12. The summed E-state index contributed by atoms with van der Waals surface area (Å²) in [5.74, 6) is -0.641. The quantitative estimate of drug-likeness (QED) is 0.485. The number of fused-ring (bicyclic) bond motifs is 1. The molecule has 0 radical (unpaired) electrons. The lowest BCUT2D eigenvalue weighted by molar-refractivity contribution is -0.138. The minimum Gasteiger partial charge on any atom is -0.355 e.